The van der Waals surface area contributed by atoms with Crippen molar-refractivity contribution in [3.8, 4) is 0 Å². The van der Waals surface area contributed by atoms with Crippen molar-refractivity contribution in [3.63, 3.8) is 0 Å². The van der Waals surface area contributed by atoms with Gasteiger partial charge in [0.2, 0.25) is 0 Å². The van der Waals surface area contributed by atoms with E-state index in [1.165, 1.54) is 6.92 Å². The van der Waals surface area contributed by atoms with Crippen molar-refractivity contribution in [1.82, 2.24) is 0 Å². The van der Waals surface area contributed by atoms with E-state index in [2.05, 4.69) is 9.47 Å². The molecule has 1 fully saturated rings. The molecule has 0 aromatic carbocycles. The molecule has 100 valence electrons. The van der Waals surface area contributed by atoms with Crippen LogP contribution in [0.5, 0.6) is 0 Å². The van der Waals surface area contributed by atoms with Crippen molar-refractivity contribution < 1.29 is 23.0 Å². The van der Waals surface area contributed by atoms with Gasteiger partial charge in [0, 0.05) is 0 Å². The average molecular weight is 250 g/mol. The highest BCUT2D eigenvalue weighted by Gasteiger charge is 2.45. The third-order valence-electron chi connectivity index (χ3n) is 3.14. The zero-order valence-corrected chi connectivity index (χ0v) is 10.4. The summed E-state index contributed by atoms with van der Waals surface area (Å²) >= 11 is 0. The Morgan fingerprint density at radius 2 is 2.06 bits per heavy atom. The summed E-state index contributed by atoms with van der Waals surface area (Å²) in [6.45, 7) is 3.46. The van der Waals surface area contributed by atoms with Gasteiger partial charge < -0.3 is 9.47 Å². The van der Waals surface area contributed by atoms with Crippen LogP contribution in [0.1, 0.15) is 46.0 Å². The molecule has 5 heteroatoms. The van der Waals surface area contributed by atoms with Crippen molar-refractivity contribution in [1.29, 1.82) is 0 Å². The minimum atomic E-state index is -3.81. The second-order valence-electron chi connectivity index (χ2n) is 4.42. The van der Waals surface area contributed by atoms with Crippen molar-refractivity contribution >= 4 is 5.97 Å². The minimum Gasteiger partial charge on any atom is -0.460 e. The third-order valence-corrected chi connectivity index (χ3v) is 3.14. The van der Waals surface area contributed by atoms with Crippen LogP contribution in [0.3, 0.4) is 0 Å². The Morgan fingerprint density at radius 1 is 1.35 bits per heavy atom. The molecule has 0 spiro atoms. The van der Waals surface area contributed by atoms with Gasteiger partial charge in [0.25, 0.3) is 0 Å². The maximum atomic E-state index is 13.3. The van der Waals surface area contributed by atoms with E-state index in [0.717, 1.165) is 19.3 Å². The normalized spacial score (nSPS) is 25.6. The monoisotopic (exact) mass is 250 g/mol. The van der Waals surface area contributed by atoms with Crippen molar-refractivity contribution in [3.05, 3.63) is 0 Å². The van der Waals surface area contributed by atoms with Gasteiger partial charge in [0.05, 0.1) is 12.7 Å². The van der Waals surface area contributed by atoms with E-state index in [0.29, 0.717) is 18.8 Å². The fourth-order valence-electron chi connectivity index (χ4n) is 2.19. The lowest BCUT2D eigenvalue weighted by Crippen LogP contribution is -2.39. The highest BCUT2D eigenvalue weighted by atomic mass is 19.3. The van der Waals surface area contributed by atoms with Gasteiger partial charge >= 0.3 is 12.1 Å². The Kier molecular flexibility index (Phi) is 5.31. The molecule has 0 aromatic heterocycles. The second-order valence-corrected chi connectivity index (χ2v) is 4.42. The molecule has 0 aliphatic heterocycles. The van der Waals surface area contributed by atoms with Crippen LogP contribution in [0, 0.1) is 5.92 Å². The molecule has 3 nitrogen and oxygen atoms in total. The first kappa shape index (κ1) is 14.4. The molecule has 0 bridgehead atoms. The molecule has 17 heavy (non-hydrogen) atoms. The van der Waals surface area contributed by atoms with Crippen LogP contribution in [-0.4, -0.2) is 24.8 Å². The second kappa shape index (κ2) is 6.28. The molecule has 0 radical (unpaired) electrons. The van der Waals surface area contributed by atoms with Gasteiger partial charge in [-0.3, -0.25) is 0 Å². The Bertz CT molecular complexity index is 256. The molecular weight excluding hydrogens is 230 g/mol. The highest BCUT2D eigenvalue weighted by Crippen LogP contribution is 2.32. The lowest BCUT2D eigenvalue weighted by Gasteiger charge is -2.30. The van der Waals surface area contributed by atoms with Crippen molar-refractivity contribution in [2.75, 3.05) is 6.61 Å². The van der Waals surface area contributed by atoms with Gasteiger partial charge in [-0.25, -0.2) is 4.79 Å². The van der Waals surface area contributed by atoms with E-state index in [1.807, 2.05) is 6.92 Å². The molecule has 0 amide bonds. The van der Waals surface area contributed by atoms with Crippen LogP contribution < -0.4 is 0 Å². The van der Waals surface area contributed by atoms with Gasteiger partial charge in [0.15, 0.2) is 0 Å². The first-order valence-corrected chi connectivity index (χ1v) is 6.22. The van der Waals surface area contributed by atoms with Crippen molar-refractivity contribution in [2.24, 2.45) is 5.92 Å². The Labute approximate surface area is 100 Å². The molecule has 0 saturated heterocycles. The number of esters is 1. The van der Waals surface area contributed by atoms with Gasteiger partial charge in [0.1, 0.15) is 0 Å². The zero-order chi connectivity index (χ0) is 12.9. The lowest BCUT2D eigenvalue weighted by atomic mass is 9.85. The maximum absolute atomic E-state index is 13.3. The molecule has 2 atom stereocenters. The summed E-state index contributed by atoms with van der Waals surface area (Å²) in [5, 5.41) is 0. The number of hydrogen-bond donors (Lipinski definition) is 0. The van der Waals surface area contributed by atoms with Gasteiger partial charge in [-0.2, -0.15) is 8.78 Å². The van der Waals surface area contributed by atoms with E-state index in [1.54, 1.807) is 0 Å². The zero-order valence-electron chi connectivity index (χ0n) is 10.4. The average Bonchev–Trinajstić information content (AvgIpc) is 2.29. The van der Waals surface area contributed by atoms with Crippen LogP contribution in [0.15, 0.2) is 0 Å². The molecule has 0 N–H and O–H groups in total. The van der Waals surface area contributed by atoms with Crippen molar-refractivity contribution in [2.45, 2.75) is 58.2 Å². The van der Waals surface area contributed by atoms with Crippen LogP contribution in [0.4, 0.5) is 8.78 Å². The molecular formula is C12H20F2O3. The van der Waals surface area contributed by atoms with Crippen LogP contribution in [0.25, 0.3) is 0 Å². The van der Waals surface area contributed by atoms with Gasteiger partial charge in [-0.1, -0.05) is 26.2 Å². The highest BCUT2D eigenvalue weighted by molar-refractivity contribution is 5.75. The number of rotatable bonds is 5. The molecule has 1 aliphatic rings. The van der Waals surface area contributed by atoms with Crippen LogP contribution >= 0.6 is 0 Å². The number of carbonyl (C=O) groups excluding carboxylic acids is 1. The molecule has 1 aliphatic carbocycles. The Hall–Kier alpha value is -0.710. The summed E-state index contributed by atoms with van der Waals surface area (Å²) in [5.74, 6) is -1.16. The smallest absolute Gasteiger partial charge is 0.456 e. The van der Waals surface area contributed by atoms with Gasteiger partial charge in [-0.15, -0.1) is 0 Å². The molecule has 1 rings (SSSR count). The minimum absolute atomic E-state index is 0.0694. The summed E-state index contributed by atoms with van der Waals surface area (Å²) < 4.78 is 35.6. The standard InChI is InChI=1S/C12H20F2O3/c1-3-9-6-5-7-10(8-9)17-12(13,14)11(15)16-4-2/h9-10H,3-8H2,1-2H3. The molecule has 0 heterocycles. The summed E-state index contributed by atoms with van der Waals surface area (Å²) in [4.78, 5) is 11.0. The number of alkyl halides is 2. The van der Waals surface area contributed by atoms with Crippen LogP contribution in [-0.2, 0) is 14.3 Å². The van der Waals surface area contributed by atoms with E-state index < -0.39 is 18.2 Å². The fraction of sp³-hybridized carbons (Fsp3) is 0.917. The Balaban J connectivity index is 2.48. The van der Waals surface area contributed by atoms with E-state index in [4.69, 9.17) is 0 Å². The van der Waals surface area contributed by atoms with E-state index >= 15 is 0 Å². The van der Waals surface area contributed by atoms with E-state index in [9.17, 15) is 13.6 Å². The summed E-state index contributed by atoms with van der Waals surface area (Å²) in [5.41, 5.74) is 0. The third kappa shape index (κ3) is 4.22. The number of ether oxygens (including phenoxy) is 2. The first-order valence-electron chi connectivity index (χ1n) is 6.22. The predicted molar refractivity (Wildman–Crippen MR) is 58.7 cm³/mol. The SMILES string of the molecule is CCOC(=O)C(F)(F)OC1CCCC(CC)C1. The van der Waals surface area contributed by atoms with Crippen LogP contribution in [0.2, 0.25) is 0 Å². The van der Waals surface area contributed by atoms with Gasteiger partial charge in [-0.05, 0) is 25.7 Å². The fourth-order valence-corrected chi connectivity index (χ4v) is 2.19. The number of carbonyl (C=O) groups is 1. The summed E-state index contributed by atoms with van der Waals surface area (Å²) in [6.07, 6.45) is -0.255. The summed E-state index contributed by atoms with van der Waals surface area (Å²) in [7, 11) is 0. The molecule has 2 unspecified atom stereocenters. The quantitative estimate of drug-likeness (QED) is 0.703. The number of hydrogen-bond acceptors (Lipinski definition) is 3. The number of halogens is 2. The predicted octanol–water partition coefficient (Wildman–Crippen LogP) is 3.13. The topological polar surface area (TPSA) is 35.5 Å². The van der Waals surface area contributed by atoms with E-state index in [-0.39, 0.29) is 6.61 Å². The molecule has 0 aromatic rings. The molecule has 1 saturated carbocycles. The lowest BCUT2D eigenvalue weighted by molar-refractivity contribution is -0.270. The first-order chi connectivity index (χ1) is 7.99. The largest absolute Gasteiger partial charge is 0.460 e. The Morgan fingerprint density at radius 3 is 2.65 bits per heavy atom. The maximum Gasteiger partial charge on any atom is 0.456 e. The summed E-state index contributed by atoms with van der Waals surface area (Å²) in [6, 6.07) is 0.